The molecule has 0 radical (unpaired) electrons. The third-order valence-electron chi connectivity index (χ3n) is 2.90. The number of carbonyl (C=O) groups excluding carboxylic acids is 1. The van der Waals surface area contributed by atoms with Crippen LogP contribution in [0.25, 0.3) is 0 Å². The minimum absolute atomic E-state index is 0.222. The van der Waals surface area contributed by atoms with Crippen molar-refractivity contribution in [1.29, 1.82) is 0 Å². The summed E-state index contributed by atoms with van der Waals surface area (Å²) < 4.78 is 53.6. The molecule has 0 saturated carbocycles. The first-order valence-corrected chi connectivity index (χ1v) is 6.11. The normalized spacial score (nSPS) is 13.3. The summed E-state index contributed by atoms with van der Waals surface area (Å²) in [6, 6.07) is 6.36. The summed E-state index contributed by atoms with van der Waals surface area (Å²) in [5.41, 5.74) is 3.23. The lowest BCUT2D eigenvalue weighted by Crippen LogP contribution is -2.33. The molecule has 1 atom stereocenters. The molecule has 1 rings (SSSR count). The first kappa shape index (κ1) is 17.4. The maximum Gasteiger partial charge on any atom is 0.330 e. The van der Waals surface area contributed by atoms with E-state index in [0.717, 1.165) is 0 Å². The fourth-order valence-corrected chi connectivity index (χ4v) is 1.55. The fraction of sp³-hybridized carbons (Fsp3) is 0.462. The number of carbonyl (C=O) groups is 1. The monoisotopic (exact) mass is 308 g/mol. The average Bonchev–Trinajstić information content (AvgIpc) is 2.46. The second kappa shape index (κ2) is 7.37. The number of hydrogen-bond donors (Lipinski definition) is 2. The Hall–Kier alpha value is -1.67. The lowest BCUT2D eigenvalue weighted by molar-refractivity contribution is -0.168. The third kappa shape index (κ3) is 4.98. The predicted molar refractivity (Wildman–Crippen MR) is 67.8 cm³/mol. The van der Waals surface area contributed by atoms with Crippen LogP contribution in [0, 0.1) is 0 Å². The molecule has 0 spiro atoms. The summed E-state index contributed by atoms with van der Waals surface area (Å²) in [6.45, 7) is 0.0787. The predicted octanol–water partition coefficient (Wildman–Crippen LogP) is 2.20. The molecule has 0 bridgehead atoms. The van der Waals surface area contributed by atoms with Crippen LogP contribution in [0.3, 0.4) is 0 Å². The van der Waals surface area contributed by atoms with Crippen LogP contribution in [0.5, 0.6) is 0 Å². The lowest BCUT2D eigenvalue weighted by Gasteiger charge is -2.15. The minimum Gasteiger partial charge on any atom is -0.370 e. The van der Waals surface area contributed by atoms with Gasteiger partial charge in [0.25, 0.3) is 0 Å². The Morgan fingerprint density at radius 1 is 1.33 bits per heavy atom. The second-order valence-electron chi connectivity index (χ2n) is 4.53. The standard InChI is InChI=1S/C13H16F4N2O2/c1-8(11(20)19-18)10-4-2-9(3-5-10)6-21-7-13(16,17)12(14)15/h2-5,8,12H,6-7,18H2,1H3,(H,19,20). The molecule has 1 unspecified atom stereocenters. The van der Waals surface area contributed by atoms with Crippen LogP contribution < -0.4 is 11.3 Å². The van der Waals surface area contributed by atoms with Crippen LogP contribution in [0.2, 0.25) is 0 Å². The molecule has 0 saturated heterocycles. The van der Waals surface area contributed by atoms with Crippen LogP contribution >= 0.6 is 0 Å². The van der Waals surface area contributed by atoms with E-state index < -0.39 is 24.9 Å². The van der Waals surface area contributed by atoms with E-state index in [1.165, 1.54) is 0 Å². The maximum atomic E-state index is 12.6. The van der Waals surface area contributed by atoms with E-state index in [4.69, 9.17) is 5.84 Å². The molecule has 1 amide bonds. The zero-order chi connectivity index (χ0) is 16.0. The quantitative estimate of drug-likeness (QED) is 0.351. The van der Waals surface area contributed by atoms with Gasteiger partial charge in [0.15, 0.2) is 0 Å². The number of hydrazine groups is 1. The molecule has 1 aromatic carbocycles. The summed E-state index contributed by atoms with van der Waals surface area (Å²) in [5, 5.41) is 0. The number of hydrogen-bond acceptors (Lipinski definition) is 3. The van der Waals surface area contributed by atoms with Crippen molar-refractivity contribution in [2.24, 2.45) is 5.84 Å². The van der Waals surface area contributed by atoms with Crippen molar-refractivity contribution in [3.05, 3.63) is 35.4 Å². The first-order valence-electron chi connectivity index (χ1n) is 6.11. The lowest BCUT2D eigenvalue weighted by atomic mass is 9.99. The van der Waals surface area contributed by atoms with Gasteiger partial charge in [-0.25, -0.2) is 14.6 Å². The molecule has 0 aliphatic heterocycles. The summed E-state index contributed by atoms with van der Waals surface area (Å²) in [7, 11) is 0. The molecule has 3 N–H and O–H groups in total. The SMILES string of the molecule is CC(C(=O)NN)c1ccc(COCC(F)(F)C(F)F)cc1. The highest BCUT2D eigenvalue weighted by molar-refractivity contribution is 5.82. The van der Waals surface area contributed by atoms with Crippen molar-refractivity contribution in [2.75, 3.05) is 6.61 Å². The Morgan fingerprint density at radius 3 is 2.38 bits per heavy atom. The Bertz CT molecular complexity index is 466. The van der Waals surface area contributed by atoms with Gasteiger partial charge in [-0.05, 0) is 18.1 Å². The van der Waals surface area contributed by atoms with Gasteiger partial charge in [-0.15, -0.1) is 0 Å². The van der Waals surface area contributed by atoms with E-state index >= 15 is 0 Å². The molecule has 21 heavy (non-hydrogen) atoms. The molecular formula is C13H16F4N2O2. The van der Waals surface area contributed by atoms with E-state index in [1.54, 1.807) is 31.2 Å². The number of nitrogens with one attached hydrogen (secondary N) is 1. The molecule has 118 valence electrons. The number of amides is 1. The van der Waals surface area contributed by atoms with Gasteiger partial charge in [0.2, 0.25) is 5.91 Å². The van der Waals surface area contributed by atoms with Crippen LogP contribution in [0.4, 0.5) is 17.6 Å². The maximum absolute atomic E-state index is 12.6. The van der Waals surface area contributed by atoms with Gasteiger partial charge in [0.1, 0.15) is 6.61 Å². The number of alkyl halides is 4. The van der Waals surface area contributed by atoms with Crippen LogP contribution in [0.15, 0.2) is 24.3 Å². The molecule has 1 aromatic rings. The van der Waals surface area contributed by atoms with Gasteiger partial charge < -0.3 is 4.74 Å². The van der Waals surface area contributed by atoms with Crippen LogP contribution in [-0.4, -0.2) is 24.9 Å². The molecule has 0 heterocycles. The molecular weight excluding hydrogens is 292 g/mol. The summed E-state index contributed by atoms with van der Waals surface area (Å²) >= 11 is 0. The Labute approximate surface area is 119 Å². The van der Waals surface area contributed by atoms with Crippen molar-refractivity contribution < 1.29 is 27.1 Å². The van der Waals surface area contributed by atoms with E-state index in [1.807, 2.05) is 5.43 Å². The van der Waals surface area contributed by atoms with Gasteiger partial charge in [-0.1, -0.05) is 24.3 Å². The van der Waals surface area contributed by atoms with Crippen molar-refractivity contribution in [2.45, 2.75) is 31.8 Å². The van der Waals surface area contributed by atoms with Crippen LogP contribution in [-0.2, 0) is 16.1 Å². The summed E-state index contributed by atoms with van der Waals surface area (Å²) in [6.07, 6.45) is -3.75. The van der Waals surface area contributed by atoms with E-state index in [2.05, 4.69) is 4.74 Å². The smallest absolute Gasteiger partial charge is 0.330 e. The van der Waals surface area contributed by atoms with Gasteiger partial charge in [0, 0.05) is 0 Å². The van der Waals surface area contributed by atoms with Crippen molar-refractivity contribution in [3.63, 3.8) is 0 Å². The van der Waals surface area contributed by atoms with E-state index in [9.17, 15) is 22.4 Å². The minimum atomic E-state index is -4.16. The van der Waals surface area contributed by atoms with Gasteiger partial charge >= 0.3 is 12.3 Å². The number of ether oxygens (including phenoxy) is 1. The highest BCUT2D eigenvalue weighted by Crippen LogP contribution is 2.23. The molecule has 0 fully saturated rings. The number of rotatable bonds is 7. The Kier molecular flexibility index (Phi) is 6.10. The van der Waals surface area contributed by atoms with E-state index in [0.29, 0.717) is 11.1 Å². The number of halogens is 4. The molecule has 0 aromatic heterocycles. The molecule has 4 nitrogen and oxygen atoms in total. The average molecular weight is 308 g/mol. The van der Waals surface area contributed by atoms with Crippen molar-refractivity contribution >= 4 is 5.91 Å². The topological polar surface area (TPSA) is 64.4 Å². The highest BCUT2D eigenvalue weighted by atomic mass is 19.3. The van der Waals surface area contributed by atoms with Gasteiger partial charge in [-0.2, -0.15) is 8.78 Å². The summed E-state index contributed by atoms with van der Waals surface area (Å²) in [5.74, 6) is 0.0303. The second-order valence-corrected chi connectivity index (χ2v) is 4.53. The first-order chi connectivity index (χ1) is 9.77. The van der Waals surface area contributed by atoms with Gasteiger partial charge in [0.05, 0.1) is 12.5 Å². The Balaban J connectivity index is 2.54. The fourth-order valence-electron chi connectivity index (χ4n) is 1.55. The zero-order valence-corrected chi connectivity index (χ0v) is 11.3. The third-order valence-corrected chi connectivity index (χ3v) is 2.90. The summed E-state index contributed by atoms with van der Waals surface area (Å²) in [4.78, 5) is 11.3. The largest absolute Gasteiger partial charge is 0.370 e. The molecule has 8 heteroatoms. The van der Waals surface area contributed by atoms with E-state index in [-0.39, 0.29) is 12.5 Å². The Morgan fingerprint density at radius 2 is 1.90 bits per heavy atom. The molecule has 0 aliphatic rings. The van der Waals surface area contributed by atoms with Crippen molar-refractivity contribution in [3.8, 4) is 0 Å². The van der Waals surface area contributed by atoms with Crippen molar-refractivity contribution in [1.82, 2.24) is 5.43 Å². The zero-order valence-electron chi connectivity index (χ0n) is 11.3. The van der Waals surface area contributed by atoms with Gasteiger partial charge in [-0.3, -0.25) is 10.2 Å². The molecule has 0 aliphatic carbocycles. The highest BCUT2D eigenvalue weighted by Gasteiger charge is 2.40. The number of benzene rings is 1. The van der Waals surface area contributed by atoms with Crippen LogP contribution in [0.1, 0.15) is 24.0 Å². The number of nitrogens with two attached hydrogens (primary N) is 1.